The molecule has 0 atom stereocenters. The molecule has 1 nitrogen and oxygen atoms in total. The largest absolute Gasteiger partial charge is 1.00 e. The molecule has 0 spiro atoms. The molecule has 0 aromatic carbocycles. The summed E-state index contributed by atoms with van der Waals surface area (Å²) < 4.78 is 5.77. The van der Waals surface area contributed by atoms with Crippen molar-refractivity contribution in [1.29, 1.82) is 0 Å². The van der Waals surface area contributed by atoms with Gasteiger partial charge in [-0.2, -0.15) is 6.42 Å². The summed E-state index contributed by atoms with van der Waals surface area (Å²) in [6.45, 7) is 11.3. The Morgan fingerprint density at radius 2 is 1.53 bits per heavy atom. The van der Waals surface area contributed by atoms with Crippen molar-refractivity contribution in [2.45, 2.75) is 71.3 Å². The van der Waals surface area contributed by atoms with E-state index in [-0.39, 0.29) is 24.5 Å². The molecule has 0 N–H and O–H groups in total. The average molecular weight is 206 g/mol. The molecular formula is C13H27LiO. The first-order valence-corrected chi connectivity index (χ1v) is 6.05. The topological polar surface area (TPSA) is 9.23 Å². The van der Waals surface area contributed by atoms with Crippen LogP contribution in [0.3, 0.4) is 0 Å². The Labute approximate surface area is 109 Å². The third kappa shape index (κ3) is 12.5. The van der Waals surface area contributed by atoms with Gasteiger partial charge in [-0.3, -0.25) is 0 Å². The van der Waals surface area contributed by atoms with Crippen molar-refractivity contribution in [1.82, 2.24) is 0 Å². The summed E-state index contributed by atoms with van der Waals surface area (Å²) in [5, 5.41) is 0. The van der Waals surface area contributed by atoms with E-state index in [0.29, 0.717) is 0 Å². The predicted octanol–water partition coefficient (Wildman–Crippen LogP) is 1.37. The molecule has 0 heterocycles. The van der Waals surface area contributed by atoms with E-state index in [0.717, 1.165) is 19.4 Å². The number of hydrogen-bond donors (Lipinski definition) is 0. The maximum atomic E-state index is 5.77. The Balaban J connectivity index is 0. The molecule has 0 unspecified atom stereocenters. The van der Waals surface area contributed by atoms with Crippen LogP contribution in [0.2, 0.25) is 0 Å². The van der Waals surface area contributed by atoms with Crippen LogP contribution in [-0.4, -0.2) is 12.2 Å². The molecule has 15 heavy (non-hydrogen) atoms. The van der Waals surface area contributed by atoms with E-state index in [9.17, 15) is 0 Å². The molecule has 0 aliphatic rings. The minimum Gasteiger partial charge on any atom is -0.376 e. The van der Waals surface area contributed by atoms with Gasteiger partial charge in [0.25, 0.3) is 0 Å². The van der Waals surface area contributed by atoms with Gasteiger partial charge in [0.05, 0.1) is 5.60 Å². The zero-order valence-corrected chi connectivity index (χ0v) is 11.3. The van der Waals surface area contributed by atoms with Crippen LogP contribution < -0.4 is 18.9 Å². The van der Waals surface area contributed by atoms with E-state index in [2.05, 4.69) is 27.7 Å². The van der Waals surface area contributed by atoms with Gasteiger partial charge in [-0.05, 0) is 26.7 Å². The molecule has 0 aliphatic heterocycles. The molecule has 0 saturated carbocycles. The second-order valence-corrected chi connectivity index (χ2v) is 4.58. The monoisotopic (exact) mass is 206 g/mol. The first kappa shape index (κ1) is 17.9. The minimum atomic E-state index is 0. The Hall–Kier alpha value is 0.557. The SMILES string of the molecule is [CH2-]CCCCCCCOC(C)(C)CC.[Li+]. The van der Waals surface area contributed by atoms with E-state index in [4.69, 9.17) is 4.74 Å². The molecule has 0 bridgehead atoms. The Bertz CT molecular complexity index is 124. The van der Waals surface area contributed by atoms with Gasteiger partial charge in [-0.1, -0.05) is 32.6 Å². The second kappa shape index (κ2) is 11.1. The smallest absolute Gasteiger partial charge is 0.376 e. The van der Waals surface area contributed by atoms with Crippen LogP contribution in [0.1, 0.15) is 65.7 Å². The van der Waals surface area contributed by atoms with Crippen LogP contribution in [0.15, 0.2) is 0 Å². The average Bonchev–Trinajstić information content (AvgIpc) is 2.16. The van der Waals surface area contributed by atoms with Gasteiger partial charge in [-0.15, -0.1) is 0 Å². The van der Waals surface area contributed by atoms with Crippen molar-refractivity contribution in [3.63, 3.8) is 0 Å². The van der Waals surface area contributed by atoms with Crippen molar-refractivity contribution >= 4 is 0 Å². The maximum absolute atomic E-state index is 5.77. The zero-order valence-electron chi connectivity index (χ0n) is 11.3. The molecule has 0 amide bonds. The van der Waals surface area contributed by atoms with Gasteiger partial charge in [0.2, 0.25) is 0 Å². The molecule has 0 radical (unpaired) electrons. The van der Waals surface area contributed by atoms with Crippen LogP contribution in [0.5, 0.6) is 0 Å². The van der Waals surface area contributed by atoms with Crippen LogP contribution in [0.25, 0.3) is 0 Å². The van der Waals surface area contributed by atoms with E-state index in [1.165, 1.54) is 32.1 Å². The van der Waals surface area contributed by atoms with Gasteiger partial charge >= 0.3 is 18.9 Å². The minimum absolute atomic E-state index is 0. The molecule has 0 fully saturated rings. The van der Waals surface area contributed by atoms with Crippen molar-refractivity contribution in [3.05, 3.63) is 6.92 Å². The summed E-state index contributed by atoms with van der Waals surface area (Å²) in [4.78, 5) is 0. The molecular weight excluding hydrogens is 179 g/mol. The van der Waals surface area contributed by atoms with Gasteiger partial charge in [0.15, 0.2) is 0 Å². The van der Waals surface area contributed by atoms with Crippen LogP contribution >= 0.6 is 0 Å². The third-order valence-corrected chi connectivity index (χ3v) is 2.74. The van der Waals surface area contributed by atoms with Crippen LogP contribution in [0.4, 0.5) is 0 Å². The number of ether oxygens (including phenoxy) is 1. The maximum Gasteiger partial charge on any atom is 1.00 e. The number of hydrogen-bond acceptors (Lipinski definition) is 1. The second-order valence-electron chi connectivity index (χ2n) is 4.58. The van der Waals surface area contributed by atoms with Gasteiger partial charge < -0.3 is 11.7 Å². The summed E-state index contributed by atoms with van der Waals surface area (Å²) in [6.07, 6.45) is 8.64. The standard InChI is InChI=1S/C13H27O.Li/c1-5-7-8-9-10-11-12-14-13(3,4)6-2;/h1,5-12H2,2-4H3;/q-1;+1. The predicted molar refractivity (Wildman–Crippen MR) is 63.4 cm³/mol. The molecule has 0 aromatic rings. The fraction of sp³-hybridized carbons (Fsp3) is 0.923. The van der Waals surface area contributed by atoms with Crippen LogP contribution in [0, 0.1) is 6.92 Å². The number of unbranched alkanes of at least 4 members (excludes halogenated alkanes) is 5. The third-order valence-electron chi connectivity index (χ3n) is 2.74. The van der Waals surface area contributed by atoms with Crippen molar-refractivity contribution in [3.8, 4) is 0 Å². The van der Waals surface area contributed by atoms with E-state index in [1.807, 2.05) is 0 Å². The molecule has 0 aromatic heterocycles. The normalized spacial score (nSPS) is 11.2. The van der Waals surface area contributed by atoms with Gasteiger partial charge in [0.1, 0.15) is 0 Å². The molecule has 86 valence electrons. The van der Waals surface area contributed by atoms with Gasteiger partial charge in [0, 0.05) is 6.61 Å². The number of rotatable bonds is 9. The molecule has 2 heteroatoms. The Morgan fingerprint density at radius 3 is 2.07 bits per heavy atom. The summed E-state index contributed by atoms with van der Waals surface area (Å²) >= 11 is 0. The van der Waals surface area contributed by atoms with E-state index < -0.39 is 0 Å². The van der Waals surface area contributed by atoms with Crippen molar-refractivity contribution < 1.29 is 23.6 Å². The zero-order chi connectivity index (χ0) is 10.9. The van der Waals surface area contributed by atoms with Crippen LogP contribution in [-0.2, 0) is 4.74 Å². The quantitative estimate of drug-likeness (QED) is 0.314. The first-order chi connectivity index (χ1) is 6.62. The molecule has 0 aliphatic carbocycles. The fourth-order valence-electron chi connectivity index (χ4n) is 1.26. The molecule has 0 saturated heterocycles. The van der Waals surface area contributed by atoms with Gasteiger partial charge in [-0.25, -0.2) is 0 Å². The van der Waals surface area contributed by atoms with Crippen molar-refractivity contribution in [2.75, 3.05) is 6.61 Å². The summed E-state index contributed by atoms with van der Waals surface area (Å²) in [5.74, 6) is 0. The van der Waals surface area contributed by atoms with Crippen molar-refractivity contribution in [2.24, 2.45) is 0 Å². The van der Waals surface area contributed by atoms with E-state index in [1.54, 1.807) is 0 Å². The summed E-state index contributed by atoms with van der Waals surface area (Å²) in [7, 11) is 0. The molecule has 0 rings (SSSR count). The Morgan fingerprint density at radius 1 is 1.00 bits per heavy atom. The van der Waals surface area contributed by atoms with E-state index >= 15 is 0 Å². The Kier molecular flexibility index (Phi) is 13.2. The fourth-order valence-corrected chi connectivity index (χ4v) is 1.26. The summed E-state index contributed by atoms with van der Waals surface area (Å²) in [6, 6.07) is 0. The summed E-state index contributed by atoms with van der Waals surface area (Å²) in [5.41, 5.74) is 0.0767. The first-order valence-electron chi connectivity index (χ1n) is 6.05.